The van der Waals surface area contributed by atoms with Crippen LogP contribution < -0.4 is 0 Å². The molecule has 0 fully saturated rings. The number of carbonyl (C=O) groups is 1. The third kappa shape index (κ3) is 4.57. The number of ether oxygens (including phenoxy) is 1. The fraction of sp³-hybridized carbons (Fsp3) is 0.276. The normalized spacial score (nSPS) is 15.4. The maximum Gasteiger partial charge on any atom is 0.330 e. The van der Waals surface area contributed by atoms with E-state index in [0.29, 0.717) is 6.04 Å². The van der Waals surface area contributed by atoms with E-state index in [4.69, 9.17) is 4.74 Å². The molecule has 0 spiro atoms. The highest BCUT2D eigenvalue weighted by atomic mass is 16.5. The van der Waals surface area contributed by atoms with Gasteiger partial charge in [-0.3, -0.25) is 4.90 Å². The Hall–Kier alpha value is -3.57. The predicted octanol–water partition coefficient (Wildman–Crippen LogP) is 5.42. The quantitative estimate of drug-likeness (QED) is 0.286. The minimum atomic E-state index is -0.329. The van der Waals surface area contributed by atoms with E-state index in [2.05, 4.69) is 88.5 Å². The molecule has 0 aliphatic heterocycles. The molecule has 0 bridgehead atoms. The van der Waals surface area contributed by atoms with Crippen molar-refractivity contribution in [1.82, 2.24) is 14.5 Å². The Morgan fingerprint density at radius 2 is 2.09 bits per heavy atom. The van der Waals surface area contributed by atoms with Crippen molar-refractivity contribution in [2.45, 2.75) is 31.8 Å². The number of nitrogens with one attached hydrogen (secondary N) is 1. The van der Waals surface area contributed by atoms with Gasteiger partial charge in [0.05, 0.1) is 7.11 Å². The van der Waals surface area contributed by atoms with Gasteiger partial charge in [0.2, 0.25) is 0 Å². The minimum Gasteiger partial charge on any atom is -0.466 e. The number of benzene rings is 2. The Bertz CT molecular complexity index is 1330. The number of esters is 1. The second-order valence-corrected chi connectivity index (χ2v) is 9.06. The number of H-pyrrole nitrogens is 1. The van der Waals surface area contributed by atoms with Crippen LogP contribution in [0.5, 0.6) is 0 Å². The Morgan fingerprint density at radius 1 is 1.21 bits per heavy atom. The van der Waals surface area contributed by atoms with E-state index in [-0.39, 0.29) is 5.97 Å². The van der Waals surface area contributed by atoms with E-state index in [9.17, 15) is 4.79 Å². The maximum absolute atomic E-state index is 11.5. The smallest absolute Gasteiger partial charge is 0.330 e. The molecule has 2 aromatic carbocycles. The Balaban J connectivity index is 1.39. The Labute approximate surface area is 200 Å². The van der Waals surface area contributed by atoms with Crippen LogP contribution in [0.4, 0.5) is 0 Å². The zero-order valence-electron chi connectivity index (χ0n) is 19.8. The molecule has 0 saturated heterocycles. The number of aromatic amines is 1. The lowest BCUT2D eigenvalue weighted by atomic mass is 10.0. The highest BCUT2D eigenvalue weighted by Crippen LogP contribution is 2.37. The van der Waals surface area contributed by atoms with E-state index < -0.39 is 0 Å². The molecule has 174 valence electrons. The van der Waals surface area contributed by atoms with Crippen molar-refractivity contribution in [1.29, 1.82) is 0 Å². The molecular weight excluding hydrogens is 422 g/mol. The number of nitrogens with zero attached hydrogens (tertiary/aromatic N) is 2. The zero-order valence-corrected chi connectivity index (χ0v) is 19.8. The van der Waals surface area contributed by atoms with Crippen LogP contribution in [0.3, 0.4) is 0 Å². The summed E-state index contributed by atoms with van der Waals surface area (Å²) in [5.74, 6) is -0.329. The fourth-order valence-corrected chi connectivity index (χ4v) is 5.15. The molecule has 2 heterocycles. The van der Waals surface area contributed by atoms with Gasteiger partial charge in [0, 0.05) is 61.2 Å². The van der Waals surface area contributed by atoms with Gasteiger partial charge < -0.3 is 14.3 Å². The summed E-state index contributed by atoms with van der Waals surface area (Å²) in [7, 11) is 3.52. The van der Waals surface area contributed by atoms with Crippen LogP contribution in [-0.2, 0) is 36.0 Å². The van der Waals surface area contributed by atoms with Crippen LogP contribution in [0.2, 0.25) is 0 Å². The van der Waals surface area contributed by atoms with Gasteiger partial charge in [-0.2, -0.15) is 0 Å². The van der Waals surface area contributed by atoms with Gasteiger partial charge in [0.1, 0.15) is 0 Å². The molecule has 5 nitrogen and oxygen atoms in total. The molecule has 1 unspecified atom stereocenters. The standard InChI is InChI=1S/C29H31N3O2/c1-31-16-5-6-24(31)20-32(17-15-23-19-30-27-8-4-3-7-25(23)27)28-13-11-22-18-21(9-12-26(22)28)10-14-29(33)34-2/h3-10,12,14,16,18-19,28,30H,11,13,15,17,20H2,1-2H3/b14-10+. The molecule has 5 heteroatoms. The molecule has 1 aliphatic carbocycles. The summed E-state index contributed by atoms with van der Waals surface area (Å²) >= 11 is 0. The highest BCUT2D eigenvalue weighted by Gasteiger charge is 2.28. The van der Waals surface area contributed by atoms with Gasteiger partial charge in [-0.1, -0.05) is 36.4 Å². The summed E-state index contributed by atoms with van der Waals surface area (Å²) in [5, 5.41) is 1.31. The number of rotatable bonds is 8. The van der Waals surface area contributed by atoms with Crippen LogP contribution in [0.25, 0.3) is 17.0 Å². The number of hydrogen-bond donors (Lipinski definition) is 1. The van der Waals surface area contributed by atoms with Crippen molar-refractivity contribution in [3.05, 3.63) is 101 Å². The van der Waals surface area contributed by atoms with Crippen LogP contribution >= 0.6 is 0 Å². The van der Waals surface area contributed by atoms with Gasteiger partial charge in [0.25, 0.3) is 0 Å². The van der Waals surface area contributed by atoms with Crippen molar-refractivity contribution in [2.24, 2.45) is 7.05 Å². The molecule has 34 heavy (non-hydrogen) atoms. The maximum atomic E-state index is 11.5. The van der Waals surface area contributed by atoms with Crippen molar-refractivity contribution in [3.8, 4) is 0 Å². The lowest BCUT2D eigenvalue weighted by Gasteiger charge is -2.30. The molecule has 5 rings (SSSR count). The van der Waals surface area contributed by atoms with Gasteiger partial charge in [-0.25, -0.2) is 4.79 Å². The van der Waals surface area contributed by atoms with Crippen molar-refractivity contribution in [3.63, 3.8) is 0 Å². The predicted molar refractivity (Wildman–Crippen MR) is 136 cm³/mol. The first kappa shape index (κ1) is 22.2. The summed E-state index contributed by atoms with van der Waals surface area (Å²) in [6, 6.07) is 19.8. The van der Waals surface area contributed by atoms with Crippen LogP contribution in [0.15, 0.2) is 73.1 Å². The average molecular weight is 454 g/mol. The SMILES string of the molecule is COC(=O)/C=C/c1ccc2c(c1)CCC2N(CCc1c[nH]c2ccccc12)Cc1cccn1C. The molecule has 0 amide bonds. The first-order valence-electron chi connectivity index (χ1n) is 11.9. The van der Waals surface area contributed by atoms with Crippen molar-refractivity contribution < 1.29 is 9.53 Å². The first-order chi connectivity index (χ1) is 16.6. The minimum absolute atomic E-state index is 0.329. The first-order valence-corrected chi connectivity index (χ1v) is 11.9. The fourth-order valence-electron chi connectivity index (χ4n) is 5.15. The zero-order chi connectivity index (χ0) is 23.5. The third-order valence-electron chi connectivity index (χ3n) is 7.03. The molecule has 0 saturated carbocycles. The monoisotopic (exact) mass is 453 g/mol. The number of carbonyl (C=O) groups excluding carboxylic acids is 1. The topological polar surface area (TPSA) is 50.3 Å². The lowest BCUT2D eigenvalue weighted by Crippen LogP contribution is -2.30. The summed E-state index contributed by atoms with van der Waals surface area (Å²) in [4.78, 5) is 17.5. The summed E-state index contributed by atoms with van der Waals surface area (Å²) in [6.07, 6.45) is 10.8. The highest BCUT2D eigenvalue weighted by molar-refractivity contribution is 5.87. The molecule has 1 atom stereocenters. The van der Waals surface area contributed by atoms with Gasteiger partial charge in [0.15, 0.2) is 0 Å². The lowest BCUT2D eigenvalue weighted by molar-refractivity contribution is -0.134. The number of aryl methyl sites for hydroxylation is 2. The Kier molecular flexibility index (Phi) is 6.37. The van der Waals surface area contributed by atoms with E-state index in [1.165, 1.54) is 46.5 Å². The molecule has 1 aliphatic rings. The van der Waals surface area contributed by atoms with Crippen LogP contribution in [0.1, 0.15) is 40.4 Å². The molecular formula is C29H31N3O2. The summed E-state index contributed by atoms with van der Waals surface area (Å²) in [5.41, 5.74) is 7.71. The Morgan fingerprint density at radius 3 is 2.91 bits per heavy atom. The van der Waals surface area contributed by atoms with Crippen molar-refractivity contribution in [2.75, 3.05) is 13.7 Å². The van der Waals surface area contributed by atoms with Crippen molar-refractivity contribution >= 4 is 22.9 Å². The average Bonchev–Trinajstić information content (AvgIpc) is 3.58. The van der Waals surface area contributed by atoms with Gasteiger partial charge >= 0.3 is 5.97 Å². The van der Waals surface area contributed by atoms with E-state index in [1.807, 2.05) is 6.08 Å². The van der Waals surface area contributed by atoms with Gasteiger partial charge in [-0.15, -0.1) is 0 Å². The summed E-state index contributed by atoms with van der Waals surface area (Å²) < 4.78 is 6.94. The largest absolute Gasteiger partial charge is 0.466 e. The second kappa shape index (κ2) is 9.74. The number of para-hydroxylation sites is 1. The van der Waals surface area contributed by atoms with E-state index in [1.54, 1.807) is 0 Å². The second-order valence-electron chi connectivity index (χ2n) is 9.06. The van der Waals surface area contributed by atoms with Crippen LogP contribution in [0, 0.1) is 0 Å². The molecule has 1 N–H and O–H groups in total. The molecule has 4 aromatic rings. The van der Waals surface area contributed by atoms with E-state index >= 15 is 0 Å². The number of aromatic nitrogens is 2. The third-order valence-corrected chi connectivity index (χ3v) is 7.03. The molecule has 2 aromatic heterocycles. The summed E-state index contributed by atoms with van der Waals surface area (Å²) in [6.45, 7) is 1.90. The number of hydrogen-bond acceptors (Lipinski definition) is 3. The number of fused-ring (bicyclic) bond motifs is 2. The van der Waals surface area contributed by atoms with E-state index in [0.717, 1.165) is 37.9 Å². The number of methoxy groups -OCH3 is 1. The van der Waals surface area contributed by atoms with Crippen LogP contribution in [-0.4, -0.2) is 34.1 Å². The molecule has 0 radical (unpaired) electrons. The van der Waals surface area contributed by atoms with Gasteiger partial charge in [-0.05, 0) is 65.8 Å².